The smallest absolute Gasteiger partial charge is 0.261 e. The molecule has 0 aliphatic carbocycles. The zero-order chi connectivity index (χ0) is 19.5. The molecule has 11 heteroatoms. The van der Waals surface area contributed by atoms with Gasteiger partial charge in [0.05, 0.1) is 29.6 Å². The van der Waals surface area contributed by atoms with Gasteiger partial charge in [-0.3, -0.25) is 14.2 Å². The third-order valence-corrected chi connectivity index (χ3v) is 5.18. The molecule has 0 heterocycles. The van der Waals surface area contributed by atoms with E-state index in [1.807, 2.05) is 0 Å². The third-order valence-electron chi connectivity index (χ3n) is 3.20. The molecule has 0 saturated heterocycles. The molecule has 2 rings (SSSR count). The van der Waals surface area contributed by atoms with Crippen LogP contribution in [-0.4, -0.2) is 36.1 Å². The topological polar surface area (TPSA) is 145 Å². The van der Waals surface area contributed by atoms with Crippen LogP contribution in [0.2, 0.25) is 0 Å². The summed E-state index contributed by atoms with van der Waals surface area (Å²) in [5.74, 6) is -0.447. The number of carbonyl (C=O) groups is 1. The van der Waals surface area contributed by atoms with E-state index in [9.17, 15) is 21.6 Å². The van der Waals surface area contributed by atoms with Crippen molar-refractivity contribution in [3.05, 3.63) is 48.0 Å². The van der Waals surface area contributed by atoms with E-state index in [0.717, 1.165) is 6.26 Å². The molecule has 140 valence electrons. The van der Waals surface area contributed by atoms with Crippen LogP contribution in [0.4, 0.5) is 11.4 Å². The Kier molecular flexibility index (Phi) is 5.42. The number of carbonyl (C=O) groups excluding carboxylic acids is 1. The average Bonchev–Trinajstić information content (AvgIpc) is 2.53. The highest BCUT2D eigenvalue weighted by molar-refractivity contribution is 7.92. The van der Waals surface area contributed by atoms with Crippen molar-refractivity contribution in [3.63, 3.8) is 0 Å². The Balaban J connectivity index is 2.34. The number of benzene rings is 2. The highest BCUT2D eigenvalue weighted by atomic mass is 32.2. The molecule has 0 radical (unpaired) electrons. The monoisotopic (exact) mass is 399 g/mol. The van der Waals surface area contributed by atoms with Crippen molar-refractivity contribution in [1.29, 1.82) is 0 Å². The van der Waals surface area contributed by atoms with Crippen LogP contribution in [0.15, 0.2) is 47.4 Å². The Labute approximate surface area is 151 Å². The van der Waals surface area contributed by atoms with Gasteiger partial charge in [0.1, 0.15) is 5.75 Å². The number of primary amides is 1. The quantitative estimate of drug-likeness (QED) is 0.632. The maximum atomic E-state index is 12.4. The summed E-state index contributed by atoms with van der Waals surface area (Å²) in [7, 11) is -6.19. The van der Waals surface area contributed by atoms with Crippen LogP contribution < -0.4 is 19.9 Å². The van der Waals surface area contributed by atoms with Gasteiger partial charge in [0.15, 0.2) is 0 Å². The molecule has 0 fully saturated rings. The first-order valence-corrected chi connectivity index (χ1v) is 10.5. The van der Waals surface area contributed by atoms with E-state index < -0.39 is 26.0 Å². The first kappa shape index (κ1) is 19.5. The maximum Gasteiger partial charge on any atom is 0.261 e. The first-order valence-electron chi connectivity index (χ1n) is 7.10. The fraction of sp³-hybridized carbons (Fsp3) is 0.133. The van der Waals surface area contributed by atoms with Crippen LogP contribution in [0, 0.1) is 0 Å². The highest BCUT2D eigenvalue weighted by Gasteiger charge is 2.16. The van der Waals surface area contributed by atoms with Crippen LogP contribution in [0.25, 0.3) is 0 Å². The van der Waals surface area contributed by atoms with E-state index in [0.29, 0.717) is 0 Å². The minimum atomic E-state index is -3.96. The van der Waals surface area contributed by atoms with Gasteiger partial charge < -0.3 is 10.5 Å². The van der Waals surface area contributed by atoms with Crippen LogP contribution in [0.5, 0.6) is 5.75 Å². The maximum absolute atomic E-state index is 12.4. The minimum Gasteiger partial charge on any atom is -0.495 e. The van der Waals surface area contributed by atoms with Gasteiger partial charge in [0.2, 0.25) is 15.9 Å². The predicted octanol–water partition coefficient (Wildman–Crippen LogP) is 0.966. The SMILES string of the molecule is COc1ccc(NS(=O)(=O)c2ccc(C(N)=O)cc2)cc1NS(C)(=O)=O. The van der Waals surface area contributed by atoms with E-state index in [2.05, 4.69) is 9.44 Å². The lowest BCUT2D eigenvalue weighted by atomic mass is 10.2. The van der Waals surface area contributed by atoms with Gasteiger partial charge in [0, 0.05) is 5.56 Å². The molecule has 26 heavy (non-hydrogen) atoms. The molecule has 0 saturated carbocycles. The van der Waals surface area contributed by atoms with E-state index in [-0.39, 0.29) is 27.6 Å². The van der Waals surface area contributed by atoms with Gasteiger partial charge in [-0.05, 0) is 42.5 Å². The molecular formula is C15H17N3O6S2. The number of anilines is 2. The minimum absolute atomic E-state index is 0.0827. The van der Waals surface area contributed by atoms with Gasteiger partial charge in [-0.15, -0.1) is 0 Å². The Morgan fingerprint density at radius 2 is 1.62 bits per heavy atom. The number of hydrogen-bond donors (Lipinski definition) is 3. The predicted molar refractivity (Wildman–Crippen MR) is 97.2 cm³/mol. The molecular weight excluding hydrogens is 382 g/mol. The zero-order valence-corrected chi connectivity index (χ0v) is 15.5. The van der Waals surface area contributed by atoms with Crippen LogP contribution in [0.3, 0.4) is 0 Å². The Bertz CT molecular complexity index is 1030. The molecule has 0 unspecified atom stereocenters. The molecule has 0 spiro atoms. The van der Waals surface area contributed by atoms with Crippen molar-refractivity contribution in [2.24, 2.45) is 5.73 Å². The van der Waals surface area contributed by atoms with Crippen molar-refractivity contribution in [2.75, 3.05) is 22.8 Å². The molecule has 0 atom stereocenters. The van der Waals surface area contributed by atoms with E-state index in [1.54, 1.807) is 0 Å². The summed E-state index contributed by atoms with van der Waals surface area (Å²) in [6.07, 6.45) is 0.962. The number of ether oxygens (including phenoxy) is 1. The van der Waals surface area contributed by atoms with Gasteiger partial charge in [-0.25, -0.2) is 16.8 Å². The van der Waals surface area contributed by atoms with E-state index in [1.165, 1.54) is 49.6 Å². The lowest BCUT2D eigenvalue weighted by molar-refractivity contribution is 0.1000. The molecule has 9 nitrogen and oxygen atoms in total. The van der Waals surface area contributed by atoms with E-state index in [4.69, 9.17) is 10.5 Å². The van der Waals surface area contributed by atoms with Crippen LogP contribution in [-0.2, 0) is 20.0 Å². The summed E-state index contributed by atoms with van der Waals surface area (Å²) in [4.78, 5) is 11.0. The second kappa shape index (κ2) is 7.22. The van der Waals surface area contributed by atoms with Gasteiger partial charge in [-0.2, -0.15) is 0 Å². The number of rotatable bonds is 7. The third kappa shape index (κ3) is 4.86. The Morgan fingerprint density at radius 1 is 1.00 bits per heavy atom. The molecule has 0 bridgehead atoms. The molecule has 2 aromatic rings. The molecule has 1 amide bonds. The molecule has 4 N–H and O–H groups in total. The zero-order valence-electron chi connectivity index (χ0n) is 13.9. The largest absolute Gasteiger partial charge is 0.495 e. The second-order valence-electron chi connectivity index (χ2n) is 5.28. The Morgan fingerprint density at radius 3 is 2.12 bits per heavy atom. The highest BCUT2D eigenvalue weighted by Crippen LogP contribution is 2.29. The van der Waals surface area contributed by atoms with Crippen molar-refractivity contribution < 1.29 is 26.4 Å². The van der Waals surface area contributed by atoms with Crippen molar-refractivity contribution in [3.8, 4) is 5.75 Å². The van der Waals surface area contributed by atoms with Crippen molar-refractivity contribution in [1.82, 2.24) is 0 Å². The molecule has 0 aliphatic rings. The first-order chi connectivity index (χ1) is 12.0. The van der Waals surface area contributed by atoms with Gasteiger partial charge in [0.25, 0.3) is 10.0 Å². The Hall–Kier alpha value is -2.79. The fourth-order valence-electron chi connectivity index (χ4n) is 2.06. The van der Waals surface area contributed by atoms with Crippen molar-refractivity contribution in [2.45, 2.75) is 4.90 Å². The lowest BCUT2D eigenvalue weighted by Gasteiger charge is -2.13. The number of methoxy groups -OCH3 is 1. The standard InChI is InChI=1S/C15H17N3O6S2/c1-24-14-8-5-11(9-13(14)18-25(2,20)21)17-26(22,23)12-6-3-10(4-7-12)15(16)19/h3-9,17-18H,1-2H3,(H2,16,19). The molecule has 0 aromatic heterocycles. The average molecular weight is 399 g/mol. The van der Waals surface area contributed by atoms with Crippen molar-refractivity contribution >= 4 is 37.3 Å². The van der Waals surface area contributed by atoms with Crippen LogP contribution >= 0.6 is 0 Å². The number of nitrogens with two attached hydrogens (primary N) is 1. The lowest BCUT2D eigenvalue weighted by Crippen LogP contribution is -2.15. The van der Waals surface area contributed by atoms with E-state index >= 15 is 0 Å². The van der Waals surface area contributed by atoms with Gasteiger partial charge in [-0.1, -0.05) is 0 Å². The summed E-state index contributed by atoms with van der Waals surface area (Å²) >= 11 is 0. The summed E-state index contributed by atoms with van der Waals surface area (Å²) in [6, 6.07) is 9.19. The van der Waals surface area contributed by atoms with Crippen LogP contribution in [0.1, 0.15) is 10.4 Å². The number of amides is 1. The number of sulfonamides is 2. The van der Waals surface area contributed by atoms with Gasteiger partial charge >= 0.3 is 0 Å². The summed E-state index contributed by atoms with van der Waals surface area (Å²) in [5.41, 5.74) is 5.50. The fourth-order valence-corrected chi connectivity index (χ4v) is 3.67. The number of nitrogens with one attached hydrogen (secondary N) is 2. The number of hydrogen-bond acceptors (Lipinski definition) is 6. The second-order valence-corrected chi connectivity index (χ2v) is 8.71. The summed E-state index contributed by atoms with van der Waals surface area (Å²) in [5, 5.41) is 0. The molecule has 2 aromatic carbocycles. The summed E-state index contributed by atoms with van der Waals surface area (Å²) in [6.45, 7) is 0. The normalized spacial score (nSPS) is 11.6. The molecule has 0 aliphatic heterocycles. The summed E-state index contributed by atoms with van der Waals surface area (Å²) < 4.78 is 57.4.